The predicted molar refractivity (Wildman–Crippen MR) is 79.6 cm³/mol. The van der Waals surface area contributed by atoms with Gasteiger partial charge in [-0.1, -0.05) is 13.8 Å². The van der Waals surface area contributed by atoms with Crippen LogP contribution in [-0.4, -0.2) is 39.4 Å². The number of hydrazine groups is 1. The molecule has 0 aliphatic carbocycles. The number of nitrogens with zero attached hydrogens (tertiary/aromatic N) is 3. The summed E-state index contributed by atoms with van der Waals surface area (Å²) in [6.45, 7) is 11.0. The first-order chi connectivity index (χ1) is 8.97. The molecule has 19 heavy (non-hydrogen) atoms. The summed E-state index contributed by atoms with van der Waals surface area (Å²) in [5, 5.41) is 4.20. The minimum absolute atomic E-state index is 0.0385. The van der Waals surface area contributed by atoms with Gasteiger partial charge in [0.25, 0.3) is 0 Å². The number of likely N-dealkylation sites (N-methyl/N-ethyl adjacent to an activating group) is 1. The second-order valence-electron chi connectivity index (χ2n) is 5.53. The van der Waals surface area contributed by atoms with Gasteiger partial charge >= 0.3 is 0 Å². The number of rotatable bonds is 8. The molecule has 1 aromatic heterocycles. The third-order valence-electron chi connectivity index (χ3n) is 4.24. The number of aromatic nitrogens is 2. The SMILES string of the molecule is CCN(CC)C(C)(C)C(CCc1ccnn1C)NN. The van der Waals surface area contributed by atoms with Gasteiger partial charge in [0, 0.05) is 30.5 Å². The summed E-state index contributed by atoms with van der Waals surface area (Å²) < 4.78 is 1.93. The lowest BCUT2D eigenvalue weighted by Gasteiger charge is -2.43. The quantitative estimate of drug-likeness (QED) is 0.551. The summed E-state index contributed by atoms with van der Waals surface area (Å²) in [6.07, 6.45) is 3.82. The van der Waals surface area contributed by atoms with Crippen molar-refractivity contribution in [2.45, 2.75) is 52.1 Å². The van der Waals surface area contributed by atoms with Crippen molar-refractivity contribution in [1.82, 2.24) is 20.1 Å². The van der Waals surface area contributed by atoms with E-state index in [0.29, 0.717) is 0 Å². The minimum Gasteiger partial charge on any atom is -0.297 e. The van der Waals surface area contributed by atoms with Crippen LogP contribution >= 0.6 is 0 Å². The van der Waals surface area contributed by atoms with E-state index in [-0.39, 0.29) is 11.6 Å². The lowest BCUT2D eigenvalue weighted by atomic mass is 9.88. The van der Waals surface area contributed by atoms with Crippen molar-refractivity contribution >= 4 is 0 Å². The first kappa shape index (κ1) is 16.1. The summed E-state index contributed by atoms with van der Waals surface area (Å²) in [7, 11) is 1.98. The molecule has 5 nitrogen and oxygen atoms in total. The molecule has 0 aliphatic heterocycles. The summed E-state index contributed by atoms with van der Waals surface area (Å²) in [4.78, 5) is 2.45. The third kappa shape index (κ3) is 3.78. The average Bonchev–Trinajstić information content (AvgIpc) is 2.76. The predicted octanol–water partition coefficient (Wildman–Crippen LogP) is 1.31. The molecule has 5 heteroatoms. The Hall–Kier alpha value is -0.910. The van der Waals surface area contributed by atoms with Crippen LogP contribution in [0.3, 0.4) is 0 Å². The Kier molecular flexibility index (Phi) is 5.97. The van der Waals surface area contributed by atoms with E-state index in [1.165, 1.54) is 5.69 Å². The lowest BCUT2D eigenvalue weighted by Crippen LogP contribution is -2.59. The highest BCUT2D eigenvalue weighted by Crippen LogP contribution is 2.22. The maximum atomic E-state index is 5.78. The summed E-state index contributed by atoms with van der Waals surface area (Å²) in [6, 6.07) is 2.32. The van der Waals surface area contributed by atoms with Crippen LogP contribution in [0, 0.1) is 0 Å². The standard InChI is InChI=1S/C14H29N5/c1-6-19(7-2)14(3,4)13(17-15)9-8-12-10-11-16-18(12)5/h10-11,13,17H,6-9,15H2,1-5H3. The summed E-state index contributed by atoms with van der Waals surface area (Å²) in [5.41, 5.74) is 4.29. The van der Waals surface area contributed by atoms with E-state index in [4.69, 9.17) is 5.84 Å². The number of hydrogen-bond donors (Lipinski definition) is 2. The van der Waals surface area contributed by atoms with Gasteiger partial charge in [-0.2, -0.15) is 5.10 Å². The Morgan fingerprint density at radius 2 is 2.05 bits per heavy atom. The molecular formula is C14H29N5. The molecule has 1 atom stereocenters. The summed E-state index contributed by atoms with van der Waals surface area (Å²) >= 11 is 0. The molecule has 110 valence electrons. The third-order valence-corrected chi connectivity index (χ3v) is 4.24. The highest BCUT2D eigenvalue weighted by Gasteiger charge is 2.33. The molecule has 0 saturated heterocycles. The highest BCUT2D eigenvalue weighted by molar-refractivity contribution is 5.02. The van der Waals surface area contributed by atoms with E-state index in [1.807, 2.05) is 17.9 Å². The van der Waals surface area contributed by atoms with Crippen LogP contribution in [0.2, 0.25) is 0 Å². The first-order valence-electron chi connectivity index (χ1n) is 7.15. The number of nitrogens with two attached hydrogens (primary N) is 1. The Morgan fingerprint density at radius 1 is 1.42 bits per heavy atom. The second kappa shape index (κ2) is 7.03. The average molecular weight is 267 g/mol. The fourth-order valence-electron chi connectivity index (χ4n) is 2.84. The van der Waals surface area contributed by atoms with Gasteiger partial charge in [0.15, 0.2) is 0 Å². The molecule has 0 fully saturated rings. The molecule has 1 aromatic rings. The van der Waals surface area contributed by atoms with Crippen LogP contribution in [-0.2, 0) is 13.5 Å². The topological polar surface area (TPSA) is 59.1 Å². The Morgan fingerprint density at radius 3 is 2.47 bits per heavy atom. The van der Waals surface area contributed by atoms with Crippen LogP contribution in [0.5, 0.6) is 0 Å². The van der Waals surface area contributed by atoms with Crippen molar-refractivity contribution in [3.05, 3.63) is 18.0 Å². The fraction of sp³-hybridized carbons (Fsp3) is 0.786. The van der Waals surface area contributed by atoms with E-state index >= 15 is 0 Å². The Bertz CT molecular complexity index is 368. The molecule has 0 aromatic carbocycles. The van der Waals surface area contributed by atoms with Crippen molar-refractivity contribution < 1.29 is 0 Å². The molecule has 0 bridgehead atoms. The lowest BCUT2D eigenvalue weighted by molar-refractivity contribution is 0.0875. The van der Waals surface area contributed by atoms with Crippen LogP contribution in [0.4, 0.5) is 0 Å². The second-order valence-corrected chi connectivity index (χ2v) is 5.53. The summed E-state index contributed by atoms with van der Waals surface area (Å²) in [5.74, 6) is 5.78. The van der Waals surface area contributed by atoms with Crippen molar-refractivity contribution in [2.24, 2.45) is 12.9 Å². The molecule has 0 saturated carbocycles. The van der Waals surface area contributed by atoms with Gasteiger partial charge in [-0.25, -0.2) is 0 Å². The van der Waals surface area contributed by atoms with Crippen LogP contribution in [0.15, 0.2) is 12.3 Å². The van der Waals surface area contributed by atoms with Crippen LogP contribution < -0.4 is 11.3 Å². The van der Waals surface area contributed by atoms with E-state index in [2.05, 4.69) is 49.2 Å². The molecule has 0 aliphatic rings. The van der Waals surface area contributed by atoms with E-state index in [9.17, 15) is 0 Å². The molecule has 1 heterocycles. The van der Waals surface area contributed by atoms with E-state index < -0.39 is 0 Å². The largest absolute Gasteiger partial charge is 0.297 e. The van der Waals surface area contributed by atoms with Crippen molar-refractivity contribution in [1.29, 1.82) is 0 Å². The minimum atomic E-state index is 0.0385. The smallest absolute Gasteiger partial charge is 0.0492 e. The van der Waals surface area contributed by atoms with Gasteiger partial charge in [-0.15, -0.1) is 0 Å². The van der Waals surface area contributed by atoms with E-state index in [0.717, 1.165) is 25.9 Å². The van der Waals surface area contributed by atoms with Gasteiger partial charge in [-0.3, -0.25) is 20.9 Å². The highest BCUT2D eigenvalue weighted by atomic mass is 15.3. The maximum Gasteiger partial charge on any atom is 0.0492 e. The zero-order valence-electron chi connectivity index (χ0n) is 13.0. The monoisotopic (exact) mass is 267 g/mol. The van der Waals surface area contributed by atoms with Crippen molar-refractivity contribution in [3.63, 3.8) is 0 Å². The molecular weight excluding hydrogens is 238 g/mol. The zero-order valence-corrected chi connectivity index (χ0v) is 13.0. The van der Waals surface area contributed by atoms with Gasteiger partial charge in [0.05, 0.1) is 0 Å². The number of hydrogen-bond acceptors (Lipinski definition) is 4. The molecule has 3 N–H and O–H groups in total. The Balaban J connectivity index is 2.69. The normalized spacial score (nSPS) is 14.1. The van der Waals surface area contributed by atoms with E-state index in [1.54, 1.807) is 0 Å². The number of aryl methyl sites for hydroxylation is 2. The van der Waals surface area contributed by atoms with Crippen molar-refractivity contribution in [3.8, 4) is 0 Å². The molecule has 1 rings (SSSR count). The van der Waals surface area contributed by atoms with Gasteiger partial charge in [0.1, 0.15) is 0 Å². The van der Waals surface area contributed by atoms with Crippen molar-refractivity contribution in [2.75, 3.05) is 13.1 Å². The van der Waals surface area contributed by atoms with Crippen LogP contribution in [0.1, 0.15) is 39.8 Å². The molecule has 1 unspecified atom stereocenters. The molecule has 0 radical (unpaired) electrons. The number of nitrogens with one attached hydrogen (secondary N) is 1. The maximum absolute atomic E-state index is 5.78. The van der Waals surface area contributed by atoms with Crippen LogP contribution in [0.25, 0.3) is 0 Å². The zero-order chi connectivity index (χ0) is 14.5. The van der Waals surface area contributed by atoms with Gasteiger partial charge in [-0.05, 0) is 45.8 Å². The van der Waals surface area contributed by atoms with Gasteiger partial charge < -0.3 is 0 Å². The Labute approximate surface area is 117 Å². The molecule has 0 amide bonds. The molecule has 0 spiro atoms. The van der Waals surface area contributed by atoms with Gasteiger partial charge in [0.2, 0.25) is 0 Å². The first-order valence-corrected chi connectivity index (χ1v) is 7.15. The fourth-order valence-corrected chi connectivity index (χ4v) is 2.84.